The van der Waals surface area contributed by atoms with E-state index in [-0.39, 0.29) is 24.0 Å². The highest BCUT2D eigenvalue weighted by Crippen LogP contribution is 2.11. The molecule has 1 fully saturated rings. The fraction of sp³-hybridized carbons (Fsp3) is 0.652. The summed E-state index contributed by atoms with van der Waals surface area (Å²) in [4.78, 5) is 12.0. The van der Waals surface area contributed by atoms with Crippen molar-refractivity contribution >= 4 is 35.6 Å². The quantitative estimate of drug-likeness (QED) is 0.290. The van der Waals surface area contributed by atoms with Gasteiger partial charge >= 0.3 is 0 Å². The molecule has 3 rings (SSSR count). The molecule has 0 amide bonds. The zero-order chi connectivity index (χ0) is 21.3. The lowest BCUT2D eigenvalue weighted by Gasteiger charge is -2.33. The molecule has 1 aliphatic rings. The maximum absolute atomic E-state index is 5.68. The van der Waals surface area contributed by atoms with Crippen molar-refractivity contribution in [3.63, 3.8) is 0 Å². The van der Waals surface area contributed by atoms with Gasteiger partial charge in [-0.1, -0.05) is 6.07 Å². The Hall–Kier alpha value is -1.39. The van der Waals surface area contributed by atoms with Crippen molar-refractivity contribution in [3.8, 4) is 0 Å². The molecule has 0 radical (unpaired) electrons. The first-order valence-corrected chi connectivity index (χ1v) is 11.4. The maximum atomic E-state index is 5.68. The Morgan fingerprint density at radius 3 is 2.77 bits per heavy atom. The van der Waals surface area contributed by atoms with Crippen LogP contribution in [0.25, 0.3) is 5.65 Å². The van der Waals surface area contributed by atoms with E-state index in [1.165, 1.54) is 5.56 Å². The molecule has 3 heterocycles. The molecule has 7 nitrogen and oxygen atoms in total. The Labute approximate surface area is 204 Å². The lowest BCUT2D eigenvalue weighted by atomic mass is 10.1. The van der Waals surface area contributed by atoms with Crippen LogP contribution in [-0.2, 0) is 11.2 Å². The van der Waals surface area contributed by atoms with Gasteiger partial charge in [-0.25, -0.2) is 4.98 Å². The number of nitrogens with one attached hydrogen (secondary N) is 2. The molecule has 0 unspecified atom stereocenters. The lowest BCUT2D eigenvalue weighted by Crippen LogP contribution is -2.49. The highest BCUT2D eigenvalue weighted by Gasteiger charge is 2.19. The summed E-state index contributed by atoms with van der Waals surface area (Å²) in [6, 6.07) is 4.63. The molecule has 0 aromatic carbocycles. The van der Waals surface area contributed by atoms with Gasteiger partial charge in [0.05, 0.1) is 18.4 Å². The number of imidazole rings is 1. The predicted molar refractivity (Wildman–Crippen MR) is 139 cm³/mol. The highest BCUT2D eigenvalue weighted by atomic mass is 127. The highest BCUT2D eigenvalue weighted by molar-refractivity contribution is 14.0. The second-order valence-corrected chi connectivity index (χ2v) is 8.34. The Bertz CT molecular complexity index is 813. The molecule has 8 heteroatoms. The average Bonchev–Trinajstić information content (AvgIpc) is 3.13. The number of likely N-dealkylation sites (tertiary alicyclic amines) is 1. The van der Waals surface area contributed by atoms with Gasteiger partial charge in [-0.2, -0.15) is 0 Å². The summed E-state index contributed by atoms with van der Waals surface area (Å²) < 4.78 is 7.78. The summed E-state index contributed by atoms with van der Waals surface area (Å²) in [5.41, 5.74) is 3.32. The van der Waals surface area contributed by atoms with Crippen LogP contribution in [-0.4, -0.2) is 71.7 Å². The minimum Gasteiger partial charge on any atom is -0.377 e. The molecule has 1 saturated heterocycles. The molecule has 31 heavy (non-hydrogen) atoms. The van der Waals surface area contributed by atoms with E-state index in [4.69, 9.17) is 14.7 Å². The van der Waals surface area contributed by atoms with Crippen LogP contribution in [0, 0.1) is 6.92 Å². The van der Waals surface area contributed by atoms with E-state index in [0.29, 0.717) is 12.1 Å². The summed E-state index contributed by atoms with van der Waals surface area (Å²) in [7, 11) is 0. The fourth-order valence-corrected chi connectivity index (χ4v) is 3.84. The number of aromatic nitrogens is 2. The number of hydrogen-bond acceptors (Lipinski definition) is 4. The second kappa shape index (κ2) is 13.2. The lowest BCUT2D eigenvalue weighted by molar-refractivity contribution is 0.0532. The summed E-state index contributed by atoms with van der Waals surface area (Å²) >= 11 is 0. The number of ether oxygens (including phenoxy) is 1. The normalized spacial score (nSPS) is 16.0. The largest absolute Gasteiger partial charge is 0.377 e. The molecule has 2 aromatic heterocycles. The first-order valence-electron chi connectivity index (χ1n) is 11.4. The number of hydrogen-bond donors (Lipinski definition) is 2. The van der Waals surface area contributed by atoms with Crippen molar-refractivity contribution in [2.75, 3.05) is 39.3 Å². The Balaban J connectivity index is 0.00000341. The van der Waals surface area contributed by atoms with Gasteiger partial charge in [0, 0.05) is 57.6 Å². The van der Waals surface area contributed by atoms with Crippen molar-refractivity contribution in [1.82, 2.24) is 24.9 Å². The van der Waals surface area contributed by atoms with Gasteiger partial charge < -0.3 is 24.7 Å². The van der Waals surface area contributed by atoms with E-state index in [9.17, 15) is 0 Å². The number of rotatable bonds is 9. The van der Waals surface area contributed by atoms with E-state index < -0.39 is 0 Å². The van der Waals surface area contributed by atoms with Gasteiger partial charge in [-0.15, -0.1) is 24.0 Å². The summed E-state index contributed by atoms with van der Waals surface area (Å²) in [5, 5.41) is 7.02. The van der Waals surface area contributed by atoms with Crippen LogP contribution in [0.1, 0.15) is 44.9 Å². The molecule has 0 spiro atoms. The van der Waals surface area contributed by atoms with Crippen molar-refractivity contribution in [2.24, 2.45) is 4.99 Å². The van der Waals surface area contributed by atoms with Crippen LogP contribution >= 0.6 is 24.0 Å². The van der Waals surface area contributed by atoms with E-state index in [1.54, 1.807) is 0 Å². The van der Waals surface area contributed by atoms with E-state index >= 15 is 0 Å². The van der Waals surface area contributed by atoms with Gasteiger partial charge in [0.15, 0.2) is 5.96 Å². The van der Waals surface area contributed by atoms with Crippen molar-refractivity contribution in [1.29, 1.82) is 0 Å². The first-order chi connectivity index (χ1) is 14.5. The topological polar surface area (TPSA) is 66.2 Å². The monoisotopic (exact) mass is 542 g/mol. The molecule has 0 saturated carbocycles. The van der Waals surface area contributed by atoms with Crippen LogP contribution in [0.3, 0.4) is 0 Å². The number of aliphatic imine (C=N–C) groups is 1. The minimum atomic E-state index is 0. The van der Waals surface area contributed by atoms with Gasteiger partial charge in [0.25, 0.3) is 0 Å². The van der Waals surface area contributed by atoms with Gasteiger partial charge in [0.2, 0.25) is 0 Å². The average molecular weight is 543 g/mol. The smallest absolute Gasteiger partial charge is 0.191 e. The third kappa shape index (κ3) is 8.23. The molecule has 0 aliphatic carbocycles. The predicted octanol–water partition coefficient (Wildman–Crippen LogP) is 3.25. The molecule has 1 aliphatic heterocycles. The molecular weight excluding hydrogens is 503 g/mol. The van der Waals surface area contributed by atoms with Crippen LogP contribution in [0.15, 0.2) is 29.5 Å². The van der Waals surface area contributed by atoms with E-state index in [2.05, 4.69) is 72.2 Å². The van der Waals surface area contributed by atoms with Crippen LogP contribution in [0.2, 0.25) is 0 Å². The standard InChI is InChI=1S/C23H38N6O.HI/c1-5-24-23(27-20-9-13-28(14-10-20)15-16-30-18(2)3)25-11-8-21-17-29-12-6-7-19(4)22(29)26-21;/h6-7,12,17-18,20H,5,8-11,13-16H2,1-4H3,(H2,24,25,27);1H. The number of guanidine groups is 1. The Morgan fingerprint density at radius 2 is 2.10 bits per heavy atom. The zero-order valence-electron chi connectivity index (χ0n) is 19.4. The molecule has 2 aromatic rings. The summed E-state index contributed by atoms with van der Waals surface area (Å²) in [6.45, 7) is 14.0. The second-order valence-electron chi connectivity index (χ2n) is 8.34. The SMILES string of the molecule is CCNC(=NCCc1cn2cccc(C)c2n1)NC1CCN(CCOC(C)C)CC1.I. The van der Waals surface area contributed by atoms with Crippen LogP contribution < -0.4 is 10.6 Å². The number of pyridine rings is 1. The van der Waals surface area contributed by atoms with Crippen LogP contribution in [0.5, 0.6) is 0 Å². The van der Waals surface area contributed by atoms with E-state index in [0.717, 1.165) is 75.9 Å². The Kier molecular flexibility index (Phi) is 11.0. The number of fused-ring (bicyclic) bond motifs is 1. The van der Waals surface area contributed by atoms with Crippen molar-refractivity contribution in [3.05, 3.63) is 35.8 Å². The van der Waals surface area contributed by atoms with Gasteiger partial charge in [0.1, 0.15) is 5.65 Å². The third-order valence-electron chi connectivity index (χ3n) is 5.50. The molecule has 0 bridgehead atoms. The summed E-state index contributed by atoms with van der Waals surface area (Å²) in [5.74, 6) is 0.916. The molecule has 174 valence electrons. The number of aryl methyl sites for hydroxylation is 1. The van der Waals surface area contributed by atoms with Gasteiger partial charge in [-0.05, 0) is 52.2 Å². The zero-order valence-corrected chi connectivity index (χ0v) is 21.8. The molecular formula is C23H39IN6O. The van der Waals surface area contributed by atoms with Gasteiger partial charge in [-0.3, -0.25) is 4.99 Å². The molecule has 0 atom stereocenters. The molecule has 2 N–H and O–H groups in total. The number of nitrogens with zero attached hydrogens (tertiary/aromatic N) is 4. The van der Waals surface area contributed by atoms with E-state index in [1.807, 2.05) is 0 Å². The van der Waals surface area contributed by atoms with Crippen molar-refractivity contribution in [2.45, 2.75) is 59.1 Å². The number of piperidine rings is 1. The summed E-state index contributed by atoms with van der Waals surface area (Å²) in [6.07, 6.45) is 7.58. The maximum Gasteiger partial charge on any atom is 0.191 e. The minimum absolute atomic E-state index is 0. The van der Waals surface area contributed by atoms with Crippen molar-refractivity contribution < 1.29 is 4.74 Å². The Morgan fingerprint density at radius 1 is 1.32 bits per heavy atom. The third-order valence-corrected chi connectivity index (χ3v) is 5.50. The van der Waals surface area contributed by atoms with Crippen LogP contribution in [0.4, 0.5) is 0 Å². The first kappa shape index (κ1) is 25.9. The number of halogens is 1. The fourth-order valence-electron chi connectivity index (χ4n) is 3.84.